The van der Waals surface area contributed by atoms with E-state index in [1.165, 1.54) is 0 Å². The molecule has 4 nitrogen and oxygen atoms in total. The zero-order valence-corrected chi connectivity index (χ0v) is 12.9. The Kier molecular flexibility index (Phi) is 3.32. The molecule has 1 N–H and O–H groups in total. The molecule has 1 aromatic carbocycles. The van der Waals surface area contributed by atoms with E-state index in [0.29, 0.717) is 5.56 Å². The number of benzene rings is 1. The number of aromatic nitrogens is 3. The van der Waals surface area contributed by atoms with Gasteiger partial charge >= 0.3 is 0 Å². The molecule has 112 valence electrons. The third-order valence-electron chi connectivity index (χ3n) is 4.02. The van der Waals surface area contributed by atoms with Gasteiger partial charge in [-0.2, -0.15) is 0 Å². The Morgan fingerprint density at radius 2 is 2.05 bits per heavy atom. The molecule has 5 heteroatoms. The summed E-state index contributed by atoms with van der Waals surface area (Å²) in [5.74, 6) is 1.48. The minimum Gasteiger partial charge on any atom is -0.308 e. The van der Waals surface area contributed by atoms with Crippen molar-refractivity contribution in [2.24, 2.45) is 5.41 Å². The fourth-order valence-corrected chi connectivity index (χ4v) is 2.80. The third kappa shape index (κ3) is 2.46. The van der Waals surface area contributed by atoms with E-state index >= 15 is 0 Å². The highest BCUT2D eigenvalue weighted by Crippen LogP contribution is 2.35. The molecule has 0 saturated heterocycles. The molecular formula is C16H21FN4. The second-order valence-electron chi connectivity index (χ2n) is 6.75. The molecular weight excluding hydrogens is 267 g/mol. The quantitative estimate of drug-likeness (QED) is 0.877. The van der Waals surface area contributed by atoms with E-state index in [9.17, 15) is 4.39 Å². The smallest absolute Gasteiger partial charge is 0.164 e. The maximum atomic E-state index is 13.8. The van der Waals surface area contributed by atoms with Crippen LogP contribution >= 0.6 is 0 Å². The van der Waals surface area contributed by atoms with E-state index in [2.05, 4.69) is 40.9 Å². The average molecular weight is 288 g/mol. The summed E-state index contributed by atoms with van der Waals surface area (Å²) in [6.45, 7) is 9.98. The number of halogens is 1. The van der Waals surface area contributed by atoms with E-state index in [4.69, 9.17) is 0 Å². The summed E-state index contributed by atoms with van der Waals surface area (Å²) >= 11 is 0. The molecule has 1 aromatic heterocycles. The van der Waals surface area contributed by atoms with Gasteiger partial charge in [0.15, 0.2) is 11.6 Å². The van der Waals surface area contributed by atoms with Gasteiger partial charge in [0, 0.05) is 18.7 Å². The molecule has 0 fully saturated rings. The van der Waals surface area contributed by atoms with Crippen molar-refractivity contribution in [1.82, 2.24) is 20.1 Å². The summed E-state index contributed by atoms with van der Waals surface area (Å²) in [7, 11) is 0. The van der Waals surface area contributed by atoms with Crippen LogP contribution in [0.25, 0.3) is 11.4 Å². The minimum atomic E-state index is -0.203. The van der Waals surface area contributed by atoms with Crippen LogP contribution in [0, 0.1) is 18.2 Å². The molecule has 0 saturated carbocycles. The van der Waals surface area contributed by atoms with Crippen LogP contribution in [0.3, 0.4) is 0 Å². The van der Waals surface area contributed by atoms with Crippen LogP contribution in [-0.4, -0.2) is 21.3 Å². The lowest BCUT2D eigenvalue weighted by atomic mass is 9.85. The molecule has 3 rings (SSSR count). The summed E-state index contributed by atoms with van der Waals surface area (Å²) in [6, 6.07) is 5.39. The molecule has 0 radical (unpaired) electrons. The highest BCUT2D eigenvalue weighted by molar-refractivity contribution is 5.56. The largest absolute Gasteiger partial charge is 0.308 e. The molecule has 0 aliphatic carbocycles. The molecule has 2 heterocycles. The Labute approximate surface area is 124 Å². The van der Waals surface area contributed by atoms with Gasteiger partial charge < -0.3 is 9.88 Å². The van der Waals surface area contributed by atoms with Gasteiger partial charge in [0.1, 0.15) is 5.82 Å². The normalized spacial score (nSPS) is 18.6. The molecule has 21 heavy (non-hydrogen) atoms. The van der Waals surface area contributed by atoms with Crippen molar-refractivity contribution < 1.29 is 4.39 Å². The molecule has 0 spiro atoms. The highest BCUT2D eigenvalue weighted by Gasteiger charge is 2.33. The van der Waals surface area contributed by atoms with Gasteiger partial charge in [0.25, 0.3) is 0 Å². The van der Waals surface area contributed by atoms with Gasteiger partial charge in [-0.25, -0.2) is 4.39 Å². The maximum absolute atomic E-state index is 13.8. The lowest BCUT2D eigenvalue weighted by Gasteiger charge is -2.34. The van der Waals surface area contributed by atoms with E-state index in [1.54, 1.807) is 19.1 Å². The fraction of sp³-hybridized carbons (Fsp3) is 0.500. The summed E-state index contributed by atoms with van der Waals surface area (Å²) in [5, 5.41) is 12.2. The monoisotopic (exact) mass is 288 g/mol. The van der Waals surface area contributed by atoms with Crippen molar-refractivity contribution in [2.45, 2.75) is 40.3 Å². The molecule has 0 amide bonds. The number of nitrogens with zero attached hydrogens (tertiary/aromatic N) is 3. The van der Waals surface area contributed by atoms with Crippen molar-refractivity contribution in [1.29, 1.82) is 0 Å². The number of hydrogen-bond donors (Lipinski definition) is 1. The minimum absolute atomic E-state index is 0.0565. The predicted molar refractivity (Wildman–Crippen MR) is 80.4 cm³/mol. The van der Waals surface area contributed by atoms with Crippen molar-refractivity contribution in [3.05, 3.63) is 35.4 Å². The SMILES string of the molecule is Cc1ccc(-c2nnc3n2CCNC3C(C)(C)C)cc1F. The van der Waals surface area contributed by atoms with Crippen LogP contribution < -0.4 is 5.32 Å². The first-order valence-electron chi connectivity index (χ1n) is 7.31. The number of fused-ring (bicyclic) bond motifs is 1. The fourth-order valence-electron chi connectivity index (χ4n) is 2.80. The molecule has 2 aromatic rings. The Morgan fingerprint density at radius 3 is 2.71 bits per heavy atom. The van der Waals surface area contributed by atoms with Gasteiger partial charge in [-0.3, -0.25) is 0 Å². The van der Waals surface area contributed by atoms with Crippen molar-refractivity contribution >= 4 is 0 Å². The summed E-state index contributed by atoms with van der Waals surface area (Å²) in [5.41, 5.74) is 1.49. The van der Waals surface area contributed by atoms with E-state index in [0.717, 1.165) is 30.3 Å². The lowest BCUT2D eigenvalue weighted by Crippen LogP contribution is -2.40. The number of aryl methyl sites for hydroxylation is 1. The molecule has 1 atom stereocenters. The van der Waals surface area contributed by atoms with Gasteiger partial charge in [-0.05, 0) is 24.0 Å². The third-order valence-corrected chi connectivity index (χ3v) is 4.02. The average Bonchev–Trinajstić information content (AvgIpc) is 2.84. The number of rotatable bonds is 1. The molecule has 1 aliphatic rings. The second kappa shape index (κ2) is 4.91. The number of nitrogens with one attached hydrogen (secondary N) is 1. The zero-order valence-electron chi connectivity index (χ0n) is 12.9. The summed E-state index contributed by atoms with van der Waals surface area (Å²) in [6.07, 6.45) is 0. The predicted octanol–water partition coefficient (Wildman–Crippen LogP) is 3.08. The molecule has 0 bridgehead atoms. The van der Waals surface area contributed by atoms with Gasteiger partial charge in [-0.1, -0.05) is 32.9 Å². The molecule has 1 aliphatic heterocycles. The van der Waals surface area contributed by atoms with E-state index in [-0.39, 0.29) is 17.3 Å². The standard InChI is InChI=1S/C16H21FN4/c1-10-5-6-11(9-12(10)17)14-19-20-15-13(16(2,3)4)18-7-8-21(14)15/h5-6,9,13,18H,7-8H2,1-4H3. The topological polar surface area (TPSA) is 42.7 Å². The lowest BCUT2D eigenvalue weighted by molar-refractivity contribution is 0.234. The van der Waals surface area contributed by atoms with Crippen molar-refractivity contribution in [3.8, 4) is 11.4 Å². The first-order chi connectivity index (χ1) is 9.88. The van der Waals surface area contributed by atoms with E-state index < -0.39 is 0 Å². The Balaban J connectivity index is 2.07. The first-order valence-corrected chi connectivity index (χ1v) is 7.31. The van der Waals surface area contributed by atoms with Gasteiger partial charge in [-0.15, -0.1) is 10.2 Å². The second-order valence-corrected chi connectivity index (χ2v) is 6.75. The Bertz CT molecular complexity index is 669. The van der Waals surface area contributed by atoms with Crippen LogP contribution in [0.5, 0.6) is 0 Å². The summed E-state index contributed by atoms with van der Waals surface area (Å²) < 4.78 is 15.9. The van der Waals surface area contributed by atoms with Crippen molar-refractivity contribution in [3.63, 3.8) is 0 Å². The number of hydrogen-bond acceptors (Lipinski definition) is 3. The Hall–Kier alpha value is -1.75. The van der Waals surface area contributed by atoms with Crippen LogP contribution in [0.1, 0.15) is 38.2 Å². The Morgan fingerprint density at radius 1 is 1.29 bits per heavy atom. The van der Waals surface area contributed by atoms with Crippen LogP contribution in [-0.2, 0) is 6.54 Å². The first kappa shape index (κ1) is 14.2. The summed E-state index contributed by atoms with van der Waals surface area (Å²) in [4.78, 5) is 0. The highest BCUT2D eigenvalue weighted by atomic mass is 19.1. The maximum Gasteiger partial charge on any atom is 0.164 e. The van der Waals surface area contributed by atoms with Crippen LogP contribution in [0.2, 0.25) is 0 Å². The van der Waals surface area contributed by atoms with Gasteiger partial charge in [0.05, 0.1) is 6.04 Å². The molecule has 1 unspecified atom stereocenters. The van der Waals surface area contributed by atoms with Crippen LogP contribution in [0.4, 0.5) is 4.39 Å². The van der Waals surface area contributed by atoms with Gasteiger partial charge in [0.2, 0.25) is 0 Å². The van der Waals surface area contributed by atoms with E-state index in [1.807, 2.05) is 6.07 Å². The van der Waals surface area contributed by atoms with Crippen molar-refractivity contribution in [2.75, 3.05) is 6.54 Å². The zero-order chi connectivity index (χ0) is 15.2. The van der Waals surface area contributed by atoms with Crippen LogP contribution in [0.15, 0.2) is 18.2 Å².